The molecule has 1 aliphatic rings. The molecule has 0 aliphatic carbocycles. The van der Waals surface area contributed by atoms with E-state index in [-0.39, 0.29) is 0 Å². The number of aromatic nitrogens is 2. The second kappa shape index (κ2) is 8.23. The highest BCUT2D eigenvalue weighted by molar-refractivity contribution is 5.33. The van der Waals surface area contributed by atoms with Crippen LogP contribution in [0.4, 0.5) is 0 Å². The first-order valence-corrected chi connectivity index (χ1v) is 9.63. The molecule has 26 heavy (non-hydrogen) atoms. The van der Waals surface area contributed by atoms with Gasteiger partial charge in [-0.2, -0.15) is 5.10 Å². The summed E-state index contributed by atoms with van der Waals surface area (Å²) in [6.45, 7) is 10.1. The van der Waals surface area contributed by atoms with Gasteiger partial charge in [0.15, 0.2) is 0 Å². The smallest absolute Gasteiger partial charge is 0.119 e. The topological polar surface area (TPSA) is 50.5 Å². The van der Waals surface area contributed by atoms with Crippen LogP contribution < -0.4 is 4.74 Å². The Labute approximate surface area is 156 Å². The van der Waals surface area contributed by atoms with Crippen LogP contribution in [0.5, 0.6) is 5.75 Å². The van der Waals surface area contributed by atoms with Crippen molar-refractivity contribution in [3.05, 3.63) is 47.3 Å². The van der Waals surface area contributed by atoms with Crippen LogP contribution in [0.2, 0.25) is 0 Å². The van der Waals surface area contributed by atoms with Crippen molar-refractivity contribution in [2.24, 2.45) is 0 Å². The minimum absolute atomic E-state index is 0.334. The number of benzene rings is 1. The third kappa shape index (κ3) is 4.86. The van der Waals surface area contributed by atoms with Gasteiger partial charge in [0.1, 0.15) is 18.0 Å². The predicted molar refractivity (Wildman–Crippen MR) is 103 cm³/mol. The van der Waals surface area contributed by atoms with Crippen LogP contribution >= 0.6 is 0 Å². The van der Waals surface area contributed by atoms with Gasteiger partial charge in [-0.3, -0.25) is 9.58 Å². The van der Waals surface area contributed by atoms with Crippen LogP contribution in [0.1, 0.15) is 42.9 Å². The van der Waals surface area contributed by atoms with Gasteiger partial charge in [0.25, 0.3) is 0 Å². The number of β-amino-alcohol motifs (C(OH)–C–C–N with tert-alkyl or cyclic N) is 1. The molecule has 1 atom stereocenters. The monoisotopic (exact) mass is 357 g/mol. The van der Waals surface area contributed by atoms with Gasteiger partial charge in [0.05, 0.1) is 6.20 Å². The maximum Gasteiger partial charge on any atom is 0.119 e. The molecule has 1 aromatic heterocycles. The average Bonchev–Trinajstić information content (AvgIpc) is 3.03. The molecule has 1 saturated heterocycles. The third-order valence-corrected chi connectivity index (χ3v) is 5.17. The number of hydrogen-bond acceptors (Lipinski definition) is 4. The summed E-state index contributed by atoms with van der Waals surface area (Å²) in [5.41, 5.74) is 2.88. The van der Waals surface area contributed by atoms with Gasteiger partial charge in [-0.25, -0.2) is 0 Å². The van der Waals surface area contributed by atoms with Gasteiger partial charge < -0.3 is 9.84 Å². The molecular weight excluding hydrogens is 326 g/mol. The lowest BCUT2D eigenvalue weighted by Crippen LogP contribution is -2.51. The summed E-state index contributed by atoms with van der Waals surface area (Å²) in [6.07, 6.45) is 6.90. The minimum atomic E-state index is -0.795. The Balaban J connectivity index is 1.56. The lowest BCUT2D eigenvalue weighted by atomic mass is 9.93. The van der Waals surface area contributed by atoms with Crippen LogP contribution in [0.25, 0.3) is 0 Å². The fourth-order valence-corrected chi connectivity index (χ4v) is 3.58. The molecule has 5 heteroatoms. The van der Waals surface area contributed by atoms with E-state index in [2.05, 4.69) is 43.0 Å². The molecule has 2 aromatic rings. The molecular formula is C21H31N3O2. The summed E-state index contributed by atoms with van der Waals surface area (Å²) in [5.74, 6) is 0.833. The standard InChI is InChI=1S/C21H31N3O2/c1-4-9-24-14-19(12-22-24)13-23-10-5-8-21(25,15-23)16-26-20-7-6-17(2)18(3)11-20/h6-7,11-12,14,25H,4-5,8-10,13,15-16H2,1-3H3/t21-/m1/s1. The van der Waals surface area contributed by atoms with Gasteiger partial charge in [-0.1, -0.05) is 13.0 Å². The molecule has 0 amide bonds. The maximum atomic E-state index is 11.0. The summed E-state index contributed by atoms with van der Waals surface area (Å²) in [7, 11) is 0. The Hall–Kier alpha value is -1.85. The van der Waals surface area contributed by atoms with Crippen LogP contribution in [0.3, 0.4) is 0 Å². The van der Waals surface area contributed by atoms with E-state index < -0.39 is 5.60 Å². The number of hydrogen-bond donors (Lipinski definition) is 1. The van der Waals surface area contributed by atoms with Crippen molar-refractivity contribution in [3.8, 4) is 5.75 Å². The number of aliphatic hydroxyl groups is 1. The van der Waals surface area contributed by atoms with Crippen molar-refractivity contribution in [1.29, 1.82) is 0 Å². The van der Waals surface area contributed by atoms with E-state index in [4.69, 9.17) is 4.74 Å². The van der Waals surface area contributed by atoms with Crippen molar-refractivity contribution in [2.75, 3.05) is 19.7 Å². The van der Waals surface area contributed by atoms with E-state index in [1.54, 1.807) is 0 Å². The Morgan fingerprint density at radius 2 is 2.12 bits per heavy atom. The molecule has 0 saturated carbocycles. The highest BCUT2D eigenvalue weighted by Crippen LogP contribution is 2.25. The average molecular weight is 357 g/mol. The first-order valence-electron chi connectivity index (χ1n) is 9.63. The number of ether oxygens (including phenoxy) is 1. The summed E-state index contributed by atoms with van der Waals surface area (Å²) in [5, 5.41) is 15.4. The van der Waals surface area contributed by atoms with Crippen molar-refractivity contribution < 1.29 is 9.84 Å². The van der Waals surface area contributed by atoms with Gasteiger partial charge in [-0.05, 0) is 62.9 Å². The molecule has 0 spiro atoms. The van der Waals surface area contributed by atoms with E-state index >= 15 is 0 Å². The van der Waals surface area contributed by atoms with Crippen LogP contribution in [-0.4, -0.2) is 45.1 Å². The van der Waals surface area contributed by atoms with Gasteiger partial charge in [0, 0.05) is 31.4 Å². The van der Waals surface area contributed by atoms with Crippen molar-refractivity contribution >= 4 is 0 Å². The zero-order chi connectivity index (χ0) is 18.6. The van der Waals surface area contributed by atoms with E-state index in [0.717, 1.165) is 44.6 Å². The Morgan fingerprint density at radius 1 is 1.27 bits per heavy atom. The van der Waals surface area contributed by atoms with Crippen LogP contribution in [0, 0.1) is 13.8 Å². The highest BCUT2D eigenvalue weighted by atomic mass is 16.5. The predicted octanol–water partition coefficient (Wildman–Crippen LogP) is 3.32. The first-order chi connectivity index (χ1) is 12.5. The fraction of sp³-hybridized carbons (Fsp3) is 0.571. The molecule has 1 fully saturated rings. The third-order valence-electron chi connectivity index (χ3n) is 5.17. The molecule has 2 heterocycles. The van der Waals surface area contributed by atoms with Crippen molar-refractivity contribution in [2.45, 2.75) is 58.7 Å². The molecule has 0 radical (unpaired) electrons. The molecule has 1 aliphatic heterocycles. The summed E-state index contributed by atoms with van der Waals surface area (Å²) >= 11 is 0. The van der Waals surface area contributed by atoms with E-state index in [0.29, 0.717) is 13.2 Å². The SMILES string of the molecule is CCCn1cc(CN2CCC[C@](O)(COc3ccc(C)c(C)c3)C2)cn1. The lowest BCUT2D eigenvalue weighted by Gasteiger charge is -2.38. The van der Waals surface area contributed by atoms with Crippen LogP contribution in [0.15, 0.2) is 30.6 Å². The Morgan fingerprint density at radius 3 is 2.88 bits per heavy atom. The molecule has 142 valence electrons. The van der Waals surface area contributed by atoms with Gasteiger partial charge in [0.2, 0.25) is 0 Å². The second-order valence-electron chi connectivity index (χ2n) is 7.68. The van der Waals surface area contributed by atoms with Gasteiger partial charge in [-0.15, -0.1) is 0 Å². The molecule has 3 rings (SSSR count). The molecule has 0 unspecified atom stereocenters. The van der Waals surface area contributed by atoms with E-state index in [1.807, 2.05) is 23.0 Å². The zero-order valence-electron chi connectivity index (χ0n) is 16.2. The number of rotatable bonds is 7. The van der Waals surface area contributed by atoms with Crippen molar-refractivity contribution in [1.82, 2.24) is 14.7 Å². The van der Waals surface area contributed by atoms with E-state index in [1.165, 1.54) is 16.7 Å². The highest BCUT2D eigenvalue weighted by Gasteiger charge is 2.34. The second-order valence-corrected chi connectivity index (χ2v) is 7.68. The largest absolute Gasteiger partial charge is 0.491 e. The molecule has 5 nitrogen and oxygen atoms in total. The first kappa shape index (κ1) is 18.9. The fourth-order valence-electron chi connectivity index (χ4n) is 3.58. The lowest BCUT2D eigenvalue weighted by molar-refractivity contribution is -0.0621. The molecule has 1 N–H and O–H groups in total. The Kier molecular flexibility index (Phi) is 5.99. The maximum absolute atomic E-state index is 11.0. The zero-order valence-corrected chi connectivity index (χ0v) is 16.2. The van der Waals surface area contributed by atoms with Crippen molar-refractivity contribution in [3.63, 3.8) is 0 Å². The number of piperidine rings is 1. The quantitative estimate of drug-likeness (QED) is 0.826. The minimum Gasteiger partial charge on any atom is -0.491 e. The molecule has 0 bridgehead atoms. The van der Waals surface area contributed by atoms with E-state index in [9.17, 15) is 5.11 Å². The summed E-state index contributed by atoms with van der Waals surface area (Å²) < 4.78 is 7.92. The number of likely N-dealkylation sites (tertiary alicyclic amines) is 1. The normalized spacial score (nSPS) is 21.1. The van der Waals surface area contributed by atoms with Gasteiger partial charge >= 0.3 is 0 Å². The number of aryl methyl sites for hydroxylation is 3. The number of nitrogens with zero attached hydrogens (tertiary/aromatic N) is 3. The molecule has 1 aromatic carbocycles. The Bertz CT molecular complexity index is 728. The summed E-state index contributed by atoms with van der Waals surface area (Å²) in [4.78, 5) is 2.31. The summed E-state index contributed by atoms with van der Waals surface area (Å²) in [6, 6.07) is 6.09. The van der Waals surface area contributed by atoms with Crippen LogP contribution in [-0.2, 0) is 13.1 Å².